The number of piperidine rings is 1. The van der Waals surface area contributed by atoms with Crippen LogP contribution in [0.25, 0.3) is 0 Å². The summed E-state index contributed by atoms with van der Waals surface area (Å²) in [6, 6.07) is 6.78. The zero-order chi connectivity index (χ0) is 14.6. The first kappa shape index (κ1) is 13.6. The van der Waals surface area contributed by atoms with Gasteiger partial charge >= 0.3 is 0 Å². The Kier molecular flexibility index (Phi) is 3.05. The van der Waals surface area contributed by atoms with Crippen LogP contribution in [0.5, 0.6) is 5.75 Å². The summed E-state index contributed by atoms with van der Waals surface area (Å²) in [6.07, 6.45) is 4.95. The van der Waals surface area contributed by atoms with Gasteiger partial charge in [0.15, 0.2) is 0 Å². The first-order valence-electron chi connectivity index (χ1n) is 8.31. The van der Waals surface area contributed by atoms with Crippen molar-refractivity contribution >= 4 is 0 Å². The molecule has 4 rings (SSSR count). The van der Waals surface area contributed by atoms with E-state index in [9.17, 15) is 5.11 Å². The maximum Gasteiger partial charge on any atom is 0.115 e. The molecule has 0 spiro atoms. The van der Waals surface area contributed by atoms with Crippen LogP contribution in [0, 0.1) is 5.92 Å². The smallest absolute Gasteiger partial charge is 0.115 e. The van der Waals surface area contributed by atoms with Gasteiger partial charge in [-0.05, 0) is 82.0 Å². The molecule has 1 aliphatic carbocycles. The molecule has 1 aromatic carbocycles. The van der Waals surface area contributed by atoms with Crippen LogP contribution < -0.4 is 0 Å². The van der Waals surface area contributed by atoms with Gasteiger partial charge in [0, 0.05) is 18.0 Å². The molecule has 2 fully saturated rings. The molecule has 0 aromatic heterocycles. The van der Waals surface area contributed by atoms with Crippen LogP contribution in [-0.2, 0) is 11.8 Å². The van der Waals surface area contributed by atoms with Crippen molar-refractivity contribution in [1.82, 2.24) is 9.80 Å². The lowest BCUT2D eigenvalue weighted by molar-refractivity contribution is 0.0429. The molecule has 0 amide bonds. The Balaban J connectivity index is 1.89. The van der Waals surface area contributed by atoms with E-state index in [0.717, 1.165) is 6.42 Å². The minimum Gasteiger partial charge on any atom is -0.508 e. The zero-order valence-electron chi connectivity index (χ0n) is 13.2. The van der Waals surface area contributed by atoms with E-state index in [2.05, 4.69) is 36.0 Å². The van der Waals surface area contributed by atoms with Crippen molar-refractivity contribution in [3.63, 3.8) is 0 Å². The van der Waals surface area contributed by atoms with E-state index in [-0.39, 0.29) is 0 Å². The van der Waals surface area contributed by atoms with Crippen molar-refractivity contribution in [3.8, 4) is 5.75 Å². The molecular formula is C18H26N2O. The minimum absolute atomic E-state index is 0.300. The number of phenolic OH excluding ortho intramolecular Hbond substituents is 1. The van der Waals surface area contributed by atoms with Crippen molar-refractivity contribution in [2.24, 2.45) is 5.92 Å². The Morgan fingerprint density at radius 3 is 2.90 bits per heavy atom. The summed E-state index contributed by atoms with van der Waals surface area (Å²) in [5, 5.41) is 10.0. The Labute approximate surface area is 127 Å². The van der Waals surface area contributed by atoms with Crippen molar-refractivity contribution in [2.75, 3.05) is 33.7 Å². The van der Waals surface area contributed by atoms with Gasteiger partial charge in [-0.15, -0.1) is 0 Å². The quantitative estimate of drug-likeness (QED) is 0.792. The molecule has 1 N–H and O–H groups in total. The van der Waals surface area contributed by atoms with Crippen LogP contribution in [0.4, 0.5) is 0 Å². The van der Waals surface area contributed by atoms with E-state index in [4.69, 9.17) is 0 Å². The number of likely N-dealkylation sites (tertiary alicyclic amines) is 2. The summed E-state index contributed by atoms with van der Waals surface area (Å²) in [5.74, 6) is 1.15. The number of aromatic hydroxyl groups is 1. The maximum absolute atomic E-state index is 10.0. The number of hydrogen-bond donors (Lipinski definition) is 1. The third-order valence-electron chi connectivity index (χ3n) is 6.38. The van der Waals surface area contributed by atoms with Gasteiger partial charge < -0.3 is 14.9 Å². The summed E-state index contributed by atoms with van der Waals surface area (Å²) < 4.78 is 0. The van der Waals surface area contributed by atoms with Gasteiger partial charge in [0.1, 0.15) is 5.75 Å². The molecule has 3 heteroatoms. The number of hydrogen-bond acceptors (Lipinski definition) is 3. The monoisotopic (exact) mass is 286 g/mol. The van der Waals surface area contributed by atoms with E-state index in [1.54, 1.807) is 0 Å². The topological polar surface area (TPSA) is 26.7 Å². The predicted molar refractivity (Wildman–Crippen MR) is 84.7 cm³/mol. The van der Waals surface area contributed by atoms with Crippen LogP contribution in [0.3, 0.4) is 0 Å². The van der Waals surface area contributed by atoms with Crippen LogP contribution in [0.15, 0.2) is 18.2 Å². The van der Waals surface area contributed by atoms with Gasteiger partial charge in [-0.2, -0.15) is 0 Å². The van der Waals surface area contributed by atoms with Gasteiger partial charge in [0.05, 0.1) is 0 Å². The van der Waals surface area contributed by atoms with E-state index in [0.29, 0.717) is 23.1 Å². The molecule has 0 unspecified atom stereocenters. The summed E-state index contributed by atoms with van der Waals surface area (Å²) in [5.41, 5.74) is 3.24. The molecule has 0 radical (unpaired) electrons. The van der Waals surface area contributed by atoms with E-state index >= 15 is 0 Å². The molecule has 3 aliphatic rings. The summed E-state index contributed by atoms with van der Waals surface area (Å²) in [4.78, 5) is 5.10. The largest absolute Gasteiger partial charge is 0.508 e. The van der Waals surface area contributed by atoms with E-state index < -0.39 is 0 Å². The zero-order valence-corrected chi connectivity index (χ0v) is 13.2. The lowest BCUT2D eigenvalue weighted by atomic mass is 9.57. The highest BCUT2D eigenvalue weighted by Gasteiger charge is 2.52. The van der Waals surface area contributed by atoms with Crippen LogP contribution in [-0.4, -0.2) is 54.7 Å². The fourth-order valence-corrected chi connectivity index (χ4v) is 5.29. The fraction of sp³-hybridized carbons (Fsp3) is 0.667. The van der Waals surface area contributed by atoms with Crippen molar-refractivity contribution in [2.45, 2.75) is 37.1 Å². The molecule has 2 heterocycles. The highest BCUT2D eigenvalue weighted by Crippen LogP contribution is 2.52. The minimum atomic E-state index is 0.300. The highest BCUT2D eigenvalue weighted by molar-refractivity contribution is 5.45. The second-order valence-electron chi connectivity index (χ2n) is 7.47. The predicted octanol–water partition coefficient (Wildman–Crippen LogP) is 2.23. The van der Waals surface area contributed by atoms with Crippen LogP contribution in [0.1, 0.15) is 30.4 Å². The third-order valence-corrected chi connectivity index (χ3v) is 6.38. The molecule has 2 aliphatic heterocycles. The average molecular weight is 286 g/mol. The molecule has 3 atom stereocenters. The SMILES string of the molecule is CN1CC[C@]23CCCN(C)[C@H](Cc4ccc(O)cc42)[C@@H]3C1. The number of nitrogens with zero attached hydrogens (tertiary/aromatic N) is 2. The number of fused-ring (bicyclic) bond motifs is 1. The van der Waals surface area contributed by atoms with Gasteiger partial charge in [-0.25, -0.2) is 0 Å². The second-order valence-corrected chi connectivity index (χ2v) is 7.47. The fourth-order valence-electron chi connectivity index (χ4n) is 5.29. The summed E-state index contributed by atoms with van der Waals surface area (Å²) in [6.45, 7) is 3.60. The Morgan fingerprint density at radius 2 is 2.05 bits per heavy atom. The van der Waals surface area contributed by atoms with Crippen LogP contribution in [0.2, 0.25) is 0 Å². The molecule has 3 nitrogen and oxygen atoms in total. The normalized spacial score (nSPS) is 36.7. The molecule has 2 bridgehead atoms. The number of likely N-dealkylation sites (N-methyl/N-ethyl adjacent to an activating group) is 1. The van der Waals surface area contributed by atoms with E-state index in [1.807, 2.05) is 6.07 Å². The van der Waals surface area contributed by atoms with Crippen molar-refractivity contribution in [1.29, 1.82) is 0 Å². The first-order chi connectivity index (χ1) is 10.1. The lowest BCUT2D eigenvalue weighted by Gasteiger charge is -2.54. The third kappa shape index (κ3) is 1.94. The summed E-state index contributed by atoms with van der Waals surface area (Å²) >= 11 is 0. The highest BCUT2D eigenvalue weighted by atomic mass is 16.3. The Bertz CT molecular complexity index is 554. The number of benzene rings is 1. The van der Waals surface area contributed by atoms with Crippen molar-refractivity contribution in [3.05, 3.63) is 29.3 Å². The molecular weight excluding hydrogens is 260 g/mol. The standard InChI is InChI=1S/C18H26N2O/c1-19-9-7-18-6-3-8-20(2)17(16(18)12-19)10-13-4-5-14(21)11-15(13)18/h4-5,11,16-17,21H,3,6-10,12H2,1-2H3/t16-,17+,18+/m0/s1. The van der Waals surface area contributed by atoms with Crippen molar-refractivity contribution < 1.29 is 5.11 Å². The van der Waals surface area contributed by atoms with Gasteiger partial charge in [0.2, 0.25) is 0 Å². The van der Waals surface area contributed by atoms with Gasteiger partial charge in [-0.3, -0.25) is 0 Å². The van der Waals surface area contributed by atoms with E-state index in [1.165, 1.54) is 50.0 Å². The molecule has 114 valence electrons. The molecule has 21 heavy (non-hydrogen) atoms. The van der Waals surface area contributed by atoms with Crippen LogP contribution >= 0.6 is 0 Å². The maximum atomic E-state index is 10.0. The molecule has 1 aromatic rings. The van der Waals surface area contributed by atoms with Gasteiger partial charge in [-0.1, -0.05) is 6.07 Å². The van der Waals surface area contributed by atoms with Gasteiger partial charge in [0.25, 0.3) is 0 Å². The lowest BCUT2D eigenvalue weighted by Crippen LogP contribution is -2.58. The molecule has 2 saturated heterocycles. The average Bonchev–Trinajstić information content (AvgIpc) is 2.56. The summed E-state index contributed by atoms with van der Waals surface area (Å²) in [7, 11) is 4.57. The number of phenols is 1. The second kappa shape index (κ2) is 4.72. The Morgan fingerprint density at radius 1 is 1.19 bits per heavy atom. The Hall–Kier alpha value is -1.06. The molecule has 0 saturated carbocycles. The first-order valence-corrected chi connectivity index (χ1v) is 8.31. The number of rotatable bonds is 0.